The Hall–Kier alpha value is -2.15. The maximum Gasteiger partial charge on any atom is 0.326 e. The largest absolute Gasteiger partial charge is 0.415 e. The van der Waals surface area contributed by atoms with Crippen LogP contribution in [0.25, 0.3) is 11.0 Å². The van der Waals surface area contributed by atoms with Crippen LogP contribution in [0.15, 0.2) is 59.4 Å². The lowest BCUT2D eigenvalue weighted by molar-refractivity contribution is 0.0654. The van der Waals surface area contributed by atoms with Crippen molar-refractivity contribution in [1.82, 2.24) is 14.5 Å². The van der Waals surface area contributed by atoms with E-state index in [1.54, 1.807) is 0 Å². The third kappa shape index (κ3) is 4.77. The number of rotatable bonds is 6. The molecular weight excluding hydrogens is 414 g/mol. The quantitative estimate of drug-likeness (QED) is 0.499. The first-order valence-electron chi connectivity index (χ1n) is 11.8. The van der Waals surface area contributed by atoms with Gasteiger partial charge in [-0.25, -0.2) is 4.79 Å². The number of nitrogens with zero attached hydrogens (tertiary/aromatic N) is 2. The van der Waals surface area contributed by atoms with Crippen LogP contribution in [0.2, 0.25) is 18.1 Å². The lowest BCUT2D eigenvalue weighted by atomic mass is 9.96. The van der Waals surface area contributed by atoms with Crippen molar-refractivity contribution in [3.05, 3.63) is 70.6 Å². The van der Waals surface area contributed by atoms with E-state index in [-0.39, 0.29) is 22.8 Å². The predicted octanol–water partition coefficient (Wildman–Crippen LogP) is 5.56. The van der Waals surface area contributed by atoms with E-state index in [0.29, 0.717) is 0 Å². The predicted molar refractivity (Wildman–Crippen MR) is 135 cm³/mol. The van der Waals surface area contributed by atoms with Crippen molar-refractivity contribution < 1.29 is 4.43 Å². The van der Waals surface area contributed by atoms with Gasteiger partial charge in [-0.05, 0) is 48.7 Å². The van der Waals surface area contributed by atoms with Gasteiger partial charge in [0.25, 0.3) is 0 Å². The van der Waals surface area contributed by atoms with Crippen molar-refractivity contribution in [3.8, 4) is 0 Å². The molecule has 1 saturated heterocycles. The van der Waals surface area contributed by atoms with Gasteiger partial charge in [0.2, 0.25) is 0 Å². The maximum absolute atomic E-state index is 12.8. The summed E-state index contributed by atoms with van der Waals surface area (Å²) in [6.07, 6.45) is 1.88. The minimum atomic E-state index is -1.85. The Morgan fingerprint density at radius 1 is 1.06 bits per heavy atom. The van der Waals surface area contributed by atoms with E-state index in [4.69, 9.17) is 4.43 Å². The van der Waals surface area contributed by atoms with Gasteiger partial charge in [0.1, 0.15) is 0 Å². The van der Waals surface area contributed by atoms with E-state index < -0.39 is 8.32 Å². The van der Waals surface area contributed by atoms with E-state index in [9.17, 15) is 4.79 Å². The number of nitrogens with one attached hydrogen (secondary N) is 1. The van der Waals surface area contributed by atoms with Gasteiger partial charge in [0, 0.05) is 31.8 Å². The monoisotopic (exact) mass is 451 g/mol. The Labute approximate surface area is 192 Å². The number of piperidine rings is 1. The molecule has 1 aromatic heterocycles. The van der Waals surface area contributed by atoms with E-state index >= 15 is 0 Å². The minimum absolute atomic E-state index is 0.00299. The van der Waals surface area contributed by atoms with Gasteiger partial charge in [0.05, 0.1) is 11.0 Å². The highest BCUT2D eigenvalue weighted by Crippen LogP contribution is 2.38. The van der Waals surface area contributed by atoms with Crippen LogP contribution in [-0.2, 0) is 11.0 Å². The number of likely N-dealkylation sites (tertiary alicyclic amines) is 1. The van der Waals surface area contributed by atoms with E-state index in [1.807, 2.05) is 28.8 Å². The molecule has 0 amide bonds. The van der Waals surface area contributed by atoms with Crippen LogP contribution < -0.4 is 5.69 Å². The summed E-state index contributed by atoms with van der Waals surface area (Å²) in [6.45, 7) is 14.1. The lowest BCUT2D eigenvalue weighted by Crippen LogP contribution is -2.49. The Morgan fingerprint density at radius 3 is 2.47 bits per heavy atom. The number of hydrogen-bond donors (Lipinski definition) is 1. The molecule has 3 aromatic rings. The van der Waals surface area contributed by atoms with Crippen molar-refractivity contribution in [1.29, 1.82) is 0 Å². The first-order valence-corrected chi connectivity index (χ1v) is 14.7. The van der Waals surface area contributed by atoms with Crippen molar-refractivity contribution >= 4 is 19.4 Å². The molecule has 1 fully saturated rings. The highest BCUT2D eigenvalue weighted by atomic mass is 28.4. The summed E-state index contributed by atoms with van der Waals surface area (Å²) in [5.74, 6) is 0. The molecule has 0 radical (unpaired) electrons. The molecule has 2 unspecified atom stereocenters. The third-order valence-electron chi connectivity index (χ3n) is 7.47. The molecule has 0 saturated carbocycles. The second-order valence-electron chi connectivity index (χ2n) is 10.7. The van der Waals surface area contributed by atoms with Gasteiger partial charge in [0.15, 0.2) is 8.32 Å². The van der Waals surface area contributed by atoms with E-state index in [2.05, 4.69) is 74.1 Å². The highest BCUT2D eigenvalue weighted by molar-refractivity contribution is 6.74. The molecule has 2 atom stereocenters. The minimum Gasteiger partial charge on any atom is -0.415 e. The molecule has 1 aliphatic rings. The number of hydrogen-bond acceptors (Lipinski definition) is 3. The molecule has 1 aliphatic heterocycles. The molecule has 1 N–H and O–H groups in total. The molecule has 2 heterocycles. The number of aromatic nitrogens is 2. The van der Waals surface area contributed by atoms with Crippen molar-refractivity contribution in [2.24, 2.45) is 0 Å². The fourth-order valence-electron chi connectivity index (χ4n) is 4.47. The fraction of sp³-hybridized carbons (Fsp3) is 0.500. The SMILES string of the molecule is CC(C)(C)[Si](C)(C)OCC1CC(n2c(=O)[nH]c3ccccc32)CCN1Cc1ccccc1. The van der Waals surface area contributed by atoms with Crippen LogP contribution in [0.1, 0.15) is 45.2 Å². The zero-order valence-electron chi connectivity index (χ0n) is 20.1. The van der Waals surface area contributed by atoms with Gasteiger partial charge in [-0.15, -0.1) is 0 Å². The molecule has 0 aliphatic carbocycles. The Bertz CT molecular complexity index is 1100. The van der Waals surface area contributed by atoms with Gasteiger partial charge in [-0.1, -0.05) is 63.2 Å². The summed E-state index contributed by atoms with van der Waals surface area (Å²) in [5.41, 5.74) is 3.24. The number of para-hydroxylation sites is 2. The highest BCUT2D eigenvalue weighted by Gasteiger charge is 2.39. The van der Waals surface area contributed by atoms with Crippen molar-refractivity contribution in [3.63, 3.8) is 0 Å². The Morgan fingerprint density at radius 2 is 1.75 bits per heavy atom. The van der Waals surface area contributed by atoms with Gasteiger partial charge < -0.3 is 9.41 Å². The van der Waals surface area contributed by atoms with Crippen LogP contribution in [0.3, 0.4) is 0 Å². The van der Waals surface area contributed by atoms with Crippen LogP contribution in [0.5, 0.6) is 0 Å². The Kier molecular flexibility index (Phi) is 6.48. The Balaban J connectivity index is 1.58. The summed E-state index contributed by atoms with van der Waals surface area (Å²) >= 11 is 0. The van der Waals surface area contributed by atoms with E-state index in [0.717, 1.165) is 43.6 Å². The summed E-state index contributed by atoms with van der Waals surface area (Å²) < 4.78 is 8.67. The van der Waals surface area contributed by atoms with Crippen molar-refractivity contribution in [2.45, 2.75) is 70.4 Å². The van der Waals surface area contributed by atoms with Gasteiger partial charge in [-0.3, -0.25) is 9.47 Å². The molecule has 0 spiro atoms. The van der Waals surface area contributed by atoms with E-state index in [1.165, 1.54) is 5.56 Å². The summed E-state index contributed by atoms with van der Waals surface area (Å²) in [5, 5.41) is 0.180. The first kappa shape index (κ1) is 23.0. The van der Waals surface area contributed by atoms with Gasteiger partial charge in [-0.2, -0.15) is 0 Å². The third-order valence-corrected chi connectivity index (χ3v) is 12.0. The standard InChI is InChI=1S/C26H37N3O2Si/c1-26(2,3)32(4,5)31-19-22-17-21(15-16-28(22)18-20-11-7-6-8-12-20)29-24-14-10-9-13-23(24)27-25(29)30/h6-14,21-22H,15-19H2,1-5H3,(H,27,30). The average Bonchev–Trinajstić information content (AvgIpc) is 3.09. The molecule has 32 heavy (non-hydrogen) atoms. The number of fused-ring (bicyclic) bond motifs is 1. The van der Waals surface area contributed by atoms with Gasteiger partial charge >= 0.3 is 5.69 Å². The lowest BCUT2D eigenvalue weighted by Gasteiger charge is -2.43. The summed E-state index contributed by atoms with van der Waals surface area (Å²) in [6, 6.07) is 19.1. The second-order valence-corrected chi connectivity index (χ2v) is 15.5. The van der Waals surface area contributed by atoms with Crippen LogP contribution in [-0.4, -0.2) is 42.0 Å². The normalized spacial score (nSPS) is 20.7. The van der Waals surface area contributed by atoms with Crippen LogP contribution in [0, 0.1) is 0 Å². The van der Waals surface area contributed by atoms with Crippen molar-refractivity contribution in [2.75, 3.05) is 13.2 Å². The molecule has 6 heteroatoms. The molecule has 5 nitrogen and oxygen atoms in total. The molecule has 172 valence electrons. The summed E-state index contributed by atoms with van der Waals surface area (Å²) in [4.78, 5) is 18.4. The molecular formula is C26H37N3O2Si. The molecule has 2 aromatic carbocycles. The number of aromatic amines is 1. The smallest absolute Gasteiger partial charge is 0.326 e. The topological polar surface area (TPSA) is 50.3 Å². The number of H-pyrrole nitrogens is 1. The van der Waals surface area contributed by atoms with Crippen LogP contribution >= 0.6 is 0 Å². The second kappa shape index (κ2) is 9.00. The van der Waals surface area contributed by atoms with Crippen LogP contribution in [0.4, 0.5) is 0 Å². The zero-order valence-corrected chi connectivity index (χ0v) is 21.1. The summed E-state index contributed by atoms with van der Waals surface area (Å²) in [7, 11) is -1.85. The first-order chi connectivity index (χ1) is 15.2. The number of imidazole rings is 1. The molecule has 4 rings (SSSR count). The molecule has 0 bridgehead atoms. The maximum atomic E-state index is 12.8. The average molecular weight is 452 g/mol. The number of benzene rings is 2. The zero-order chi connectivity index (χ0) is 22.9. The fourth-order valence-corrected chi connectivity index (χ4v) is 5.51.